The number of carbonyl (C=O) groups excluding carboxylic acids is 1. The van der Waals surface area contributed by atoms with Crippen LogP contribution in [0, 0.1) is 11.3 Å². The van der Waals surface area contributed by atoms with Gasteiger partial charge in [0.2, 0.25) is 5.50 Å². The van der Waals surface area contributed by atoms with Crippen molar-refractivity contribution in [3.8, 4) is 11.6 Å². The van der Waals surface area contributed by atoms with E-state index in [0.29, 0.717) is 23.5 Å². The van der Waals surface area contributed by atoms with E-state index in [2.05, 4.69) is 35.7 Å². The first-order valence-corrected chi connectivity index (χ1v) is 11.6. The minimum absolute atomic E-state index is 0.0814. The Bertz CT molecular complexity index is 1170. The number of aromatic nitrogens is 4. The van der Waals surface area contributed by atoms with E-state index in [9.17, 15) is 14.3 Å². The van der Waals surface area contributed by atoms with Crippen LogP contribution in [0.3, 0.4) is 0 Å². The molecule has 174 valence electrons. The van der Waals surface area contributed by atoms with Crippen molar-refractivity contribution in [3.63, 3.8) is 0 Å². The standard InChI is InChI=1S/C20H28N5O6P/c1-12(8-29-13(2)26)9-30-32(27,28)15-7-6-14(31-15)18-24-16-17(21)22-11-23-19(16)25(18)10-20(3,4)5/h6-7,11-12H,8-10H2,1-5H3,(H,27,28)(H2,21,22,23). The molecule has 0 aliphatic rings. The zero-order valence-electron chi connectivity index (χ0n) is 18.7. The zero-order chi connectivity index (χ0) is 23.7. The fraction of sp³-hybridized carbons (Fsp3) is 0.500. The second-order valence-corrected chi connectivity index (χ2v) is 10.6. The van der Waals surface area contributed by atoms with E-state index >= 15 is 0 Å². The monoisotopic (exact) mass is 465 g/mol. The summed E-state index contributed by atoms with van der Waals surface area (Å²) >= 11 is 0. The van der Waals surface area contributed by atoms with Crippen LogP contribution in [-0.2, 0) is 25.2 Å². The van der Waals surface area contributed by atoms with Crippen LogP contribution in [-0.4, -0.2) is 43.6 Å². The van der Waals surface area contributed by atoms with Crippen LogP contribution in [0.2, 0.25) is 0 Å². The Morgan fingerprint density at radius 2 is 2.03 bits per heavy atom. The van der Waals surface area contributed by atoms with E-state index in [1.165, 1.54) is 19.3 Å². The van der Waals surface area contributed by atoms with Crippen LogP contribution in [0.1, 0.15) is 34.6 Å². The summed E-state index contributed by atoms with van der Waals surface area (Å²) in [5.41, 5.74) is 6.60. The minimum Gasteiger partial charge on any atom is -0.466 e. The average Bonchev–Trinajstić information content (AvgIpc) is 3.30. The van der Waals surface area contributed by atoms with Crippen LogP contribution in [0.4, 0.5) is 5.82 Å². The smallest absolute Gasteiger partial charge is 0.393 e. The summed E-state index contributed by atoms with van der Waals surface area (Å²) in [6, 6.07) is 2.93. The van der Waals surface area contributed by atoms with Gasteiger partial charge in [0.15, 0.2) is 28.6 Å². The lowest BCUT2D eigenvalue weighted by molar-refractivity contribution is -0.142. The Hall–Kier alpha value is -2.75. The van der Waals surface area contributed by atoms with Crippen molar-refractivity contribution < 1.29 is 27.9 Å². The number of ether oxygens (including phenoxy) is 1. The predicted octanol–water partition coefficient (Wildman–Crippen LogP) is 2.74. The molecule has 0 aromatic carbocycles. The molecule has 0 fully saturated rings. The van der Waals surface area contributed by atoms with E-state index in [4.69, 9.17) is 19.4 Å². The Morgan fingerprint density at radius 1 is 1.31 bits per heavy atom. The Morgan fingerprint density at radius 3 is 2.69 bits per heavy atom. The highest BCUT2D eigenvalue weighted by Gasteiger charge is 2.30. The number of carbonyl (C=O) groups is 1. The molecule has 0 amide bonds. The van der Waals surface area contributed by atoms with Gasteiger partial charge in [-0.15, -0.1) is 0 Å². The average molecular weight is 465 g/mol. The molecule has 3 N–H and O–H groups in total. The molecule has 2 unspecified atom stereocenters. The number of furan rings is 1. The highest BCUT2D eigenvalue weighted by atomic mass is 31.2. The molecule has 12 heteroatoms. The van der Waals surface area contributed by atoms with Crippen LogP contribution < -0.4 is 11.2 Å². The first-order valence-electron chi connectivity index (χ1n) is 10.1. The lowest BCUT2D eigenvalue weighted by Gasteiger charge is -2.20. The minimum atomic E-state index is -4.24. The highest BCUT2D eigenvalue weighted by molar-refractivity contribution is 7.60. The van der Waals surface area contributed by atoms with Crippen molar-refractivity contribution in [1.82, 2.24) is 19.5 Å². The van der Waals surface area contributed by atoms with E-state index in [0.717, 1.165) is 0 Å². The van der Waals surface area contributed by atoms with Crippen LogP contribution >= 0.6 is 7.60 Å². The van der Waals surface area contributed by atoms with Gasteiger partial charge in [0.25, 0.3) is 0 Å². The second-order valence-electron chi connectivity index (χ2n) is 8.88. The van der Waals surface area contributed by atoms with Crippen LogP contribution in [0.5, 0.6) is 0 Å². The lowest BCUT2D eigenvalue weighted by atomic mass is 9.97. The maximum atomic E-state index is 12.7. The second kappa shape index (κ2) is 9.01. The van der Waals surface area contributed by atoms with Gasteiger partial charge in [-0.1, -0.05) is 27.7 Å². The summed E-state index contributed by atoms with van der Waals surface area (Å²) in [6.45, 7) is 9.75. The third kappa shape index (κ3) is 5.53. The molecule has 0 spiro atoms. The summed E-state index contributed by atoms with van der Waals surface area (Å²) in [7, 11) is -4.24. The Labute approximate surface area is 185 Å². The number of hydrogen-bond acceptors (Lipinski definition) is 9. The predicted molar refractivity (Wildman–Crippen MR) is 118 cm³/mol. The van der Waals surface area contributed by atoms with Crippen molar-refractivity contribution in [1.29, 1.82) is 0 Å². The molecule has 0 saturated heterocycles. The summed E-state index contributed by atoms with van der Waals surface area (Å²) in [4.78, 5) is 34.1. The van der Waals surface area contributed by atoms with Gasteiger partial charge in [-0.3, -0.25) is 9.36 Å². The fourth-order valence-electron chi connectivity index (χ4n) is 2.97. The number of fused-ring (bicyclic) bond motifs is 1. The zero-order valence-corrected chi connectivity index (χ0v) is 19.6. The van der Waals surface area contributed by atoms with E-state index in [1.54, 1.807) is 13.0 Å². The molecule has 0 radical (unpaired) electrons. The van der Waals surface area contributed by atoms with Crippen molar-refractivity contribution >= 4 is 36.0 Å². The third-order valence-corrected chi connectivity index (χ3v) is 5.69. The van der Waals surface area contributed by atoms with Crippen molar-refractivity contribution in [2.24, 2.45) is 11.3 Å². The molecule has 0 saturated carbocycles. The number of imidazole rings is 1. The van der Waals surface area contributed by atoms with Gasteiger partial charge in [-0.05, 0) is 17.5 Å². The van der Waals surface area contributed by atoms with Gasteiger partial charge in [-0.2, -0.15) is 0 Å². The lowest BCUT2D eigenvalue weighted by Crippen LogP contribution is -2.17. The Kier molecular flexibility index (Phi) is 6.73. The van der Waals surface area contributed by atoms with E-state index < -0.39 is 13.6 Å². The maximum Gasteiger partial charge on any atom is 0.393 e. The summed E-state index contributed by atoms with van der Waals surface area (Å²) in [5.74, 6) is 0.215. The third-order valence-electron chi connectivity index (χ3n) is 4.39. The van der Waals surface area contributed by atoms with Crippen LogP contribution in [0.15, 0.2) is 22.9 Å². The molecule has 3 aromatic rings. The van der Waals surface area contributed by atoms with E-state index in [1.807, 2.05) is 4.57 Å². The maximum absolute atomic E-state index is 12.7. The topological polar surface area (TPSA) is 156 Å². The number of nitrogens with two attached hydrogens (primary N) is 1. The number of rotatable bonds is 8. The van der Waals surface area contributed by atoms with Crippen molar-refractivity contribution in [2.45, 2.75) is 41.2 Å². The molecular weight excluding hydrogens is 437 g/mol. The van der Waals surface area contributed by atoms with Gasteiger partial charge in [0.1, 0.15) is 6.33 Å². The molecule has 0 aliphatic heterocycles. The molecule has 32 heavy (non-hydrogen) atoms. The highest BCUT2D eigenvalue weighted by Crippen LogP contribution is 2.42. The van der Waals surface area contributed by atoms with Crippen LogP contribution in [0.25, 0.3) is 22.7 Å². The number of anilines is 1. The van der Waals surface area contributed by atoms with Gasteiger partial charge in [0, 0.05) is 19.4 Å². The number of nitrogens with zero attached hydrogens (tertiary/aromatic N) is 4. The van der Waals surface area contributed by atoms with Gasteiger partial charge in [-0.25, -0.2) is 15.0 Å². The molecule has 3 heterocycles. The molecular formula is C20H28N5O6P. The van der Waals surface area contributed by atoms with E-state index in [-0.39, 0.29) is 41.6 Å². The van der Waals surface area contributed by atoms with Gasteiger partial charge < -0.3 is 28.9 Å². The SMILES string of the molecule is CC(=O)OCC(C)COP(=O)(O)c1ccc(-c2nc3c(N)ncnc3n2CC(C)(C)C)o1. The van der Waals surface area contributed by atoms with Gasteiger partial charge >= 0.3 is 13.6 Å². The largest absolute Gasteiger partial charge is 0.466 e. The van der Waals surface area contributed by atoms with Crippen molar-refractivity contribution in [2.75, 3.05) is 18.9 Å². The summed E-state index contributed by atoms with van der Waals surface area (Å²) < 4.78 is 30.3. The fourth-order valence-corrected chi connectivity index (χ4v) is 4.03. The molecule has 0 bridgehead atoms. The van der Waals surface area contributed by atoms with Crippen molar-refractivity contribution in [3.05, 3.63) is 18.5 Å². The molecule has 3 rings (SSSR count). The molecule has 11 nitrogen and oxygen atoms in total. The number of nitrogen functional groups attached to an aromatic ring is 1. The molecule has 0 aliphatic carbocycles. The number of hydrogen-bond donors (Lipinski definition) is 2. The van der Waals surface area contributed by atoms with Gasteiger partial charge in [0.05, 0.1) is 13.2 Å². The first-order chi connectivity index (χ1) is 14.9. The summed E-state index contributed by atoms with van der Waals surface area (Å²) in [5, 5.41) is 0. The Balaban J connectivity index is 1.89. The number of esters is 1. The normalized spacial score (nSPS) is 14.9. The molecule has 3 aromatic heterocycles. The summed E-state index contributed by atoms with van der Waals surface area (Å²) in [6.07, 6.45) is 1.36. The first kappa shape index (κ1) is 23.9. The quantitative estimate of drug-likeness (QED) is 0.374. The molecule has 2 atom stereocenters.